The molecule has 1 heterocycles. The molecule has 6 heteroatoms. The largest absolute Gasteiger partial charge is 0.480 e. The second-order valence-corrected chi connectivity index (χ2v) is 5.08. The number of hydrazine groups is 1. The van der Waals surface area contributed by atoms with E-state index in [1.165, 1.54) is 32.1 Å². The maximum Gasteiger partial charge on any atom is 0.240 e. The van der Waals surface area contributed by atoms with Crippen molar-refractivity contribution < 1.29 is 9.47 Å². The minimum atomic E-state index is -0.0514. The van der Waals surface area contributed by atoms with E-state index < -0.39 is 0 Å². The molecule has 21 heavy (non-hydrogen) atoms. The molecule has 3 N–H and O–H groups in total. The summed E-state index contributed by atoms with van der Waals surface area (Å²) in [5.74, 6) is 6.55. The summed E-state index contributed by atoms with van der Waals surface area (Å²) < 4.78 is 10.3. The number of rotatable bonds is 11. The minimum Gasteiger partial charge on any atom is -0.480 e. The van der Waals surface area contributed by atoms with Crippen LogP contribution < -0.4 is 20.7 Å². The lowest BCUT2D eigenvalue weighted by Gasteiger charge is -2.17. The van der Waals surface area contributed by atoms with Gasteiger partial charge in [-0.25, -0.2) is 4.98 Å². The third kappa shape index (κ3) is 5.85. The van der Waals surface area contributed by atoms with Crippen LogP contribution in [0.3, 0.4) is 0 Å². The molecule has 6 nitrogen and oxygen atoms in total. The molecular weight excluding hydrogens is 268 g/mol. The van der Waals surface area contributed by atoms with E-state index in [1.807, 2.05) is 0 Å². The summed E-state index contributed by atoms with van der Waals surface area (Å²) in [7, 11) is 3.13. The Kier molecular flexibility index (Phi) is 8.69. The lowest BCUT2D eigenvalue weighted by atomic mass is 10.0. The monoisotopic (exact) mass is 296 g/mol. The van der Waals surface area contributed by atoms with Crippen molar-refractivity contribution in [2.24, 2.45) is 5.84 Å². The van der Waals surface area contributed by atoms with Crippen LogP contribution in [0.2, 0.25) is 0 Å². The van der Waals surface area contributed by atoms with Gasteiger partial charge in [0, 0.05) is 0 Å². The van der Waals surface area contributed by atoms with Crippen molar-refractivity contribution in [2.45, 2.75) is 57.9 Å². The number of unbranched alkanes of at least 4 members (excludes halogenated alkanes) is 5. The van der Waals surface area contributed by atoms with Crippen LogP contribution in [0.1, 0.15) is 63.6 Å². The first-order valence-electron chi connectivity index (χ1n) is 7.67. The van der Waals surface area contributed by atoms with Gasteiger partial charge in [0.05, 0.1) is 26.5 Å². The molecule has 1 aromatic rings. The smallest absolute Gasteiger partial charge is 0.240 e. The van der Waals surface area contributed by atoms with Crippen molar-refractivity contribution >= 4 is 0 Å². The highest BCUT2D eigenvalue weighted by molar-refractivity contribution is 5.25. The maximum atomic E-state index is 5.66. The summed E-state index contributed by atoms with van der Waals surface area (Å²) in [6, 6.07) is -0.0514. The number of nitrogens with two attached hydrogens (primary N) is 1. The third-order valence-corrected chi connectivity index (χ3v) is 3.53. The molecule has 0 saturated carbocycles. The second-order valence-electron chi connectivity index (χ2n) is 5.08. The highest BCUT2D eigenvalue weighted by Crippen LogP contribution is 2.26. The van der Waals surface area contributed by atoms with Crippen LogP contribution >= 0.6 is 0 Å². The summed E-state index contributed by atoms with van der Waals surface area (Å²) >= 11 is 0. The van der Waals surface area contributed by atoms with Crippen LogP contribution in [0.25, 0.3) is 0 Å². The Hall–Kier alpha value is -1.40. The Morgan fingerprint density at radius 2 is 1.86 bits per heavy atom. The molecule has 0 aliphatic carbocycles. The number of methoxy groups -OCH3 is 2. The van der Waals surface area contributed by atoms with Crippen LogP contribution in [0.4, 0.5) is 0 Å². The Labute approximate surface area is 127 Å². The fraction of sp³-hybridized carbons (Fsp3) is 0.733. The molecule has 0 bridgehead atoms. The lowest BCUT2D eigenvalue weighted by molar-refractivity contribution is 0.345. The van der Waals surface area contributed by atoms with Crippen molar-refractivity contribution in [3.8, 4) is 11.8 Å². The molecule has 0 amide bonds. The fourth-order valence-electron chi connectivity index (χ4n) is 2.28. The predicted octanol–water partition coefficient (Wildman–Crippen LogP) is 2.75. The summed E-state index contributed by atoms with van der Waals surface area (Å²) in [5.41, 5.74) is 3.54. The number of aromatic nitrogens is 2. The first kappa shape index (κ1) is 17.7. The Morgan fingerprint density at radius 1 is 1.14 bits per heavy atom. The normalized spacial score (nSPS) is 12.2. The van der Waals surface area contributed by atoms with E-state index in [9.17, 15) is 0 Å². The van der Waals surface area contributed by atoms with Gasteiger partial charge in [0.25, 0.3) is 0 Å². The van der Waals surface area contributed by atoms with Crippen LogP contribution in [-0.2, 0) is 0 Å². The zero-order valence-electron chi connectivity index (χ0n) is 13.4. The van der Waals surface area contributed by atoms with Crippen LogP contribution in [0.5, 0.6) is 11.8 Å². The van der Waals surface area contributed by atoms with Crippen LogP contribution in [-0.4, -0.2) is 24.2 Å². The molecule has 0 aliphatic heterocycles. The molecule has 0 aliphatic rings. The highest BCUT2D eigenvalue weighted by atomic mass is 16.5. The van der Waals surface area contributed by atoms with E-state index >= 15 is 0 Å². The number of hydrogen-bond acceptors (Lipinski definition) is 6. The molecule has 1 unspecified atom stereocenters. The summed E-state index contributed by atoms with van der Waals surface area (Å²) in [4.78, 5) is 8.61. The zero-order chi connectivity index (χ0) is 15.5. The van der Waals surface area contributed by atoms with E-state index in [-0.39, 0.29) is 6.04 Å². The number of hydrogen-bond donors (Lipinski definition) is 2. The Balaban J connectivity index is 2.55. The highest BCUT2D eigenvalue weighted by Gasteiger charge is 2.18. The molecule has 1 rings (SSSR count). The molecule has 1 atom stereocenters. The Morgan fingerprint density at radius 3 is 2.48 bits per heavy atom. The van der Waals surface area contributed by atoms with Gasteiger partial charge in [-0.2, -0.15) is 4.98 Å². The molecule has 0 spiro atoms. The van der Waals surface area contributed by atoms with Gasteiger partial charge in [-0.1, -0.05) is 45.4 Å². The zero-order valence-corrected chi connectivity index (χ0v) is 13.4. The average Bonchev–Trinajstić information content (AvgIpc) is 2.54. The second kappa shape index (κ2) is 10.3. The molecule has 0 fully saturated rings. The number of ether oxygens (including phenoxy) is 2. The van der Waals surface area contributed by atoms with Crippen LogP contribution in [0, 0.1) is 0 Å². The van der Waals surface area contributed by atoms with Crippen LogP contribution in [0.15, 0.2) is 6.20 Å². The van der Waals surface area contributed by atoms with E-state index in [0.717, 1.165) is 18.5 Å². The van der Waals surface area contributed by atoms with E-state index in [0.29, 0.717) is 11.8 Å². The molecule has 0 radical (unpaired) electrons. The molecule has 1 aromatic heterocycles. The number of nitrogens with zero attached hydrogens (tertiary/aromatic N) is 2. The molecule has 0 aromatic carbocycles. The van der Waals surface area contributed by atoms with E-state index in [1.54, 1.807) is 20.4 Å². The SMILES string of the molecule is CCCCCCCCC(NN)c1ncc(OC)nc1OC. The van der Waals surface area contributed by atoms with Gasteiger partial charge in [0.1, 0.15) is 5.69 Å². The van der Waals surface area contributed by atoms with E-state index in [2.05, 4.69) is 22.3 Å². The number of nitrogens with one attached hydrogen (secondary N) is 1. The minimum absolute atomic E-state index is 0.0514. The fourth-order valence-corrected chi connectivity index (χ4v) is 2.28. The van der Waals surface area contributed by atoms with Crippen molar-refractivity contribution in [1.82, 2.24) is 15.4 Å². The maximum absolute atomic E-state index is 5.66. The predicted molar refractivity (Wildman–Crippen MR) is 83.2 cm³/mol. The third-order valence-electron chi connectivity index (χ3n) is 3.53. The van der Waals surface area contributed by atoms with Crippen molar-refractivity contribution in [3.05, 3.63) is 11.9 Å². The van der Waals surface area contributed by atoms with Gasteiger partial charge in [0.15, 0.2) is 0 Å². The van der Waals surface area contributed by atoms with Gasteiger partial charge in [-0.05, 0) is 6.42 Å². The van der Waals surface area contributed by atoms with Gasteiger partial charge in [-0.15, -0.1) is 0 Å². The van der Waals surface area contributed by atoms with Gasteiger partial charge in [-0.3, -0.25) is 11.3 Å². The summed E-state index contributed by atoms with van der Waals surface area (Å²) in [6.45, 7) is 2.23. The van der Waals surface area contributed by atoms with Gasteiger partial charge in [0.2, 0.25) is 11.8 Å². The lowest BCUT2D eigenvalue weighted by Crippen LogP contribution is -2.29. The summed E-state index contributed by atoms with van der Waals surface area (Å²) in [5, 5.41) is 0. The van der Waals surface area contributed by atoms with Crippen molar-refractivity contribution in [2.75, 3.05) is 14.2 Å². The summed E-state index contributed by atoms with van der Waals surface area (Å²) in [6.07, 6.45) is 9.99. The average molecular weight is 296 g/mol. The first-order chi connectivity index (χ1) is 10.3. The standard InChI is InChI=1S/C15H28N4O2/c1-4-5-6-7-8-9-10-12(19-16)14-15(21-3)18-13(20-2)11-17-14/h11-12,19H,4-10,16H2,1-3H3. The van der Waals surface area contributed by atoms with Gasteiger partial charge >= 0.3 is 0 Å². The molecular formula is C15H28N4O2. The van der Waals surface area contributed by atoms with Crippen molar-refractivity contribution in [3.63, 3.8) is 0 Å². The Bertz CT molecular complexity index is 401. The van der Waals surface area contributed by atoms with Crippen molar-refractivity contribution in [1.29, 1.82) is 0 Å². The quantitative estimate of drug-likeness (QED) is 0.371. The molecule has 0 saturated heterocycles. The topological polar surface area (TPSA) is 82.3 Å². The molecule has 120 valence electrons. The first-order valence-corrected chi connectivity index (χ1v) is 7.67. The van der Waals surface area contributed by atoms with E-state index in [4.69, 9.17) is 15.3 Å². The van der Waals surface area contributed by atoms with Gasteiger partial charge < -0.3 is 9.47 Å².